The highest BCUT2D eigenvalue weighted by molar-refractivity contribution is 6.00. The molecular weight excluding hydrogens is 281 g/mol. The molecule has 0 aromatic heterocycles. The van der Waals surface area contributed by atoms with Crippen molar-refractivity contribution in [3.63, 3.8) is 0 Å². The summed E-state index contributed by atoms with van der Waals surface area (Å²) in [5.41, 5.74) is -0.832. The van der Waals surface area contributed by atoms with Gasteiger partial charge in [0.25, 0.3) is 5.91 Å². The number of nitrogens with one attached hydrogen (secondary N) is 1. The van der Waals surface area contributed by atoms with E-state index in [1.807, 2.05) is 0 Å². The highest BCUT2D eigenvalue weighted by Gasteiger charge is 2.36. The van der Waals surface area contributed by atoms with Crippen LogP contribution in [0, 0.1) is 0 Å². The standard InChI is InChI=1S/C15H19F3N2O/c1-3-19-13-11(8-5-9-12(13)15(16,17)18)14(21)20(2)10-6-4-7-10/h5,8-10,19H,3-4,6-7H2,1-2H3. The normalized spacial score (nSPS) is 15.5. The average Bonchev–Trinajstić information content (AvgIpc) is 2.35. The molecule has 3 nitrogen and oxygen atoms in total. The highest BCUT2D eigenvalue weighted by Crippen LogP contribution is 2.37. The first-order valence-corrected chi connectivity index (χ1v) is 7.07. The lowest BCUT2D eigenvalue weighted by Gasteiger charge is -2.35. The van der Waals surface area contributed by atoms with Crippen LogP contribution in [0.1, 0.15) is 42.1 Å². The van der Waals surface area contributed by atoms with Gasteiger partial charge in [-0.15, -0.1) is 0 Å². The van der Waals surface area contributed by atoms with Crippen LogP contribution in [0.15, 0.2) is 18.2 Å². The third kappa shape index (κ3) is 3.14. The first-order chi connectivity index (χ1) is 9.86. The minimum absolute atomic E-state index is 0.0843. The smallest absolute Gasteiger partial charge is 0.384 e. The van der Waals surface area contributed by atoms with E-state index in [9.17, 15) is 18.0 Å². The predicted octanol–water partition coefficient (Wildman–Crippen LogP) is 3.76. The first-order valence-electron chi connectivity index (χ1n) is 7.07. The largest absolute Gasteiger partial charge is 0.418 e. The molecule has 21 heavy (non-hydrogen) atoms. The fourth-order valence-corrected chi connectivity index (χ4v) is 2.46. The lowest BCUT2D eigenvalue weighted by Crippen LogP contribution is -2.41. The van der Waals surface area contributed by atoms with Gasteiger partial charge in [-0.1, -0.05) is 6.07 Å². The van der Waals surface area contributed by atoms with Crippen molar-refractivity contribution in [2.24, 2.45) is 0 Å². The summed E-state index contributed by atoms with van der Waals surface area (Å²) in [6.07, 6.45) is -1.59. The maximum absolute atomic E-state index is 13.1. The van der Waals surface area contributed by atoms with Crippen LogP contribution in [0.25, 0.3) is 0 Å². The molecule has 2 rings (SSSR count). The Labute approximate surface area is 122 Å². The fraction of sp³-hybridized carbons (Fsp3) is 0.533. The van der Waals surface area contributed by atoms with Crippen LogP contribution in [-0.2, 0) is 6.18 Å². The van der Waals surface area contributed by atoms with Gasteiger partial charge in [0.15, 0.2) is 0 Å². The Morgan fingerprint density at radius 3 is 2.52 bits per heavy atom. The zero-order valence-corrected chi connectivity index (χ0v) is 12.1. The molecule has 0 unspecified atom stereocenters. The molecule has 1 aromatic rings. The van der Waals surface area contributed by atoms with E-state index in [-0.39, 0.29) is 23.2 Å². The molecule has 1 saturated carbocycles. The Balaban J connectivity index is 2.40. The molecule has 1 aliphatic carbocycles. The third-order valence-corrected chi connectivity index (χ3v) is 3.90. The van der Waals surface area contributed by atoms with Gasteiger partial charge in [0.05, 0.1) is 16.8 Å². The average molecular weight is 300 g/mol. The van der Waals surface area contributed by atoms with Crippen LogP contribution < -0.4 is 5.32 Å². The number of carbonyl (C=O) groups is 1. The van der Waals surface area contributed by atoms with E-state index < -0.39 is 11.7 Å². The summed E-state index contributed by atoms with van der Waals surface area (Å²) >= 11 is 0. The fourth-order valence-electron chi connectivity index (χ4n) is 2.46. The van der Waals surface area contributed by atoms with Gasteiger partial charge in [0, 0.05) is 19.6 Å². The number of alkyl halides is 3. The number of anilines is 1. The quantitative estimate of drug-likeness (QED) is 0.918. The molecule has 1 fully saturated rings. The summed E-state index contributed by atoms with van der Waals surface area (Å²) in [6, 6.07) is 3.87. The second-order valence-electron chi connectivity index (χ2n) is 5.26. The number of nitrogens with zero attached hydrogens (tertiary/aromatic N) is 1. The molecule has 0 saturated heterocycles. The third-order valence-electron chi connectivity index (χ3n) is 3.90. The molecule has 1 aliphatic rings. The molecule has 0 aliphatic heterocycles. The first kappa shape index (κ1) is 15.7. The van der Waals surface area contributed by atoms with Crippen molar-refractivity contribution in [3.8, 4) is 0 Å². The van der Waals surface area contributed by atoms with Crippen LogP contribution in [0.3, 0.4) is 0 Å². The summed E-state index contributed by atoms with van der Waals surface area (Å²) in [4.78, 5) is 14.0. The Morgan fingerprint density at radius 2 is 2.05 bits per heavy atom. The minimum atomic E-state index is -4.48. The van der Waals surface area contributed by atoms with Crippen molar-refractivity contribution in [2.75, 3.05) is 18.9 Å². The molecule has 1 N–H and O–H groups in total. The molecule has 0 spiro atoms. The van der Waals surface area contributed by atoms with Gasteiger partial charge >= 0.3 is 6.18 Å². The molecule has 0 bridgehead atoms. The number of hydrogen-bond acceptors (Lipinski definition) is 2. The lowest BCUT2D eigenvalue weighted by atomic mass is 9.91. The van der Waals surface area contributed by atoms with Gasteiger partial charge in [-0.05, 0) is 38.3 Å². The number of para-hydroxylation sites is 1. The Bertz CT molecular complexity index is 524. The van der Waals surface area contributed by atoms with Crippen molar-refractivity contribution in [3.05, 3.63) is 29.3 Å². The maximum Gasteiger partial charge on any atom is 0.418 e. The zero-order valence-electron chi connectivity index (χ0n) is 12.1. The van der Waals surface area contributed by atoms with Gasteiger partial charge in [-0.3, -0.25) is 4.79 Å². The summed E-state index contributed by atoms with van der Waals surface area (Å²) in [7, 11) is 1.65. The van der Waals surface area contributed by atoms with E-state index in [0.717, 1.165) is 25.3 Å². The second-order valence-corrected chi connectivity index (χ2v) is 5.26. The minimum Gasteiger partial charge on any atom is -0.384 e. The molecule has 0 atom stereocenters. The SMILES string of the molecule is CCNc1c(C(=O)N(C)C2CCC2)cccc1C(F)(F)F. The number of hydrogen-bond donors (Lipinski definition) is 1. The number of amides is 1. The number of carbonyl (C=O) groups excluding carboxylic acids is 1. The van der Waals surface area contributed by atoms with Crippen LogP contribution in [0.2, 0.25) is 0 Å². The lowest BCUT2D eigenvalue weighted by molar-refractivity contribution is -0.137. The van der Waals surface area contributed by atoms with Crippen LogP contribution in [-0.4, -0.2) is 30.4 Å². The second kappa shape index (κ2) is 5.95. The molecule has 1 aromatic carbocycles. The van der Waals surface area contributed by atoms with Gasteiger partial charge in [0.2, 0.25) is 0 Å². The summed E-state index contributed by atoms with van der Waals surface area (Å²) in [5, 5.41) is 2.69. The van der Waals surface area contributed by atoms with Crippen molar-refractivity contribution in [1.29, 1.82) is 0 Å². The molecule has 6 heteroatoms. The van der Waals surface area contributed by atoms with E-state index in [2.05, 4.69) is 5.32 Å². The van der Waals surface area contributed by atoms with E-state index in [4.69, 9.17) is 0 Å². The van der Waals surface area contributed by atoms with E-state index in [0.29, 0.717) is 6.54 Å². The number of rotatable bonds is 4. The van der Waals surface area contributed by atoms with Crippen molar-refractivity contribution in [2.45, 2.75) is 38.4 Å². The van der Waals surface area contributed by atoms with Crippen molar-refractivity contribution in [1.82, 2.24) is 4.90 Å². The summed E-state index contributed by atoms with van der Waals surface area (Å²) < 4.78 is 39.3. The summed E-state index contributed by atoms with van der Waals surface area (Å²) in [6.45, 7) is 2.03. The molecular formula is C15H19F3N2O. The summed E-state index contributed by atoms with van der Waals surface area (Å²) in [5.74, 6) is -0.359. The van der Waals surface area contributed by atoms with Crippen LogP contribution >= 0.6 is 0 Å². The number of halogens is 3. The van der Waals surface area contributed by atoms with Gasteiger partial charge < -0.3 is 10.2 Å². The van der Waals surface area contributed by atoms with E-state index in [1.54, 1.807) is 18.9 Å². The van der Waals surface area contributed by atoms with Crippen LogP contribution in [0.5, 0.6) is 0 Å². The van der Waals surface area contributed by atoms with Gasteiger partial charge in [0.1, 0.15) is 0 Å². The molecule has 0 heterocycles. The van der Waals surface area contributed by atoms with Gasteiger partial charge in [-0.25, -0.2) is 0 Å². The highest BCUT2D eigenvalue weighted by atomic mass is 19.4. The molecule has 116 valence electrons. The van der Waals surface area contributed by atoms with Crippen LogP contribution in [0.4, 0.5) is 18.9 Å². The van der Waals surface area contributed by atoms with Gasteiger partial charge in [-0.2, -0.15) is 13.2 Å². The Morgan fingerprint density at radius 1 is 1.38 bits per heavy atom. The number of benzene rings is 1. The predicted molar refractivity (Wildman–Crippen MR) is 75.3 cm³/mol. The van der Waals surface area contributed by atoms with E-state index in [1.165, 1.54) is 12.1 Å². The van der Waals surface area contributed by atoms with Crippen molar-refractivity contribution < 1.29 is 18.0 Å². The maximum atomic E-state index is 13.1. The molecule has 0 radical (unpaired) electrons. The molecule has 1 amide bonds. The van der Waals surface area contributed by atoms with E-state index >= 15 is 0 Å². The monoisotopic (exact) mass is 300 g/mol. The Kier molecular flexibility index (Phi) is 4.44. The Hall–Kier alpha value is -1.72. The topological polar surface area (TPSA) is 32.3 Å². The zero-order chi connectivity index (χ0) is 15.6. The van der Waals surface area contributed by atoms with Crippen molar-refractivity contribution >= 4 is 11.6 Å².